The van der Waals surface area contributed by atoms with Crippen LogP contribution in [0, 0.1) is 0 Å². The number of carbonyl (C=O) groups excluding carboxylic acids is 1. The minimum Gasteiger partial charge on any atom is -0.493 e. The average Bonchev–Trinajstić information content (AvgIpc) is 2.70. The largest absolute Gasteiger partial charge is 0.493 e. The summed E-state index contributed by atoms with van der Waals surface area (Å²) in [5.41, 5.74) is 4.45. The second kappa shape index (κ2) is 7.77. The van der Waals surface area contributed by atoms with Gasteiger partial charge in [0.1, 0.15) is 13.2 Å². The summed E-state index contributed by atoms with van der Waals surface area (Å²) in [6.45, 7) is 2.86. The van der Waals surface area contributed by atoms with E-state index in [1.165, 1.54) is 7.11 Å². The third-order valence-electron chi connectivity index (χ3n) is 3.93. The van der Waals surface area contributed by atoms with Crippen molar-refractivity contribution < 1.29 is 23.7 Å². The van der Waals surface area contributed by atoms with Crippen LogP contribution in [0.3, 0.4) is 0 Å². The molecule has 0 unspecified atom stereocenters. The van der Waals surface area contributed by atoms with E-state index < -0.39 is 0 Å². The molecule has 7 heteroatoms. The molecule has 7 nitrogen and oxygen atoms in total. The molecule has 0 aromatic heterocycles. The Bertz CT molecular complexity index is 848. The van der Waals surface area contributed by atoms with E-state index in [0.717, 1.165) is 5.56 Å². The van der Waals surface area contributed by atoms with Crippen molar-refractivity contribution in [1.82, 2.24) is 5.43 Å². The molecule has 0 atom stereocenters. The van der Waals surface area contributed by atoms with E-state index >= 15 is 0 Å². The monoisotopic (exact) mass is 356 g/mol. The molecule has 1 heterocycles. The van der Waals surface area contributed by atoms with Gasteiger partial charge in [0.2, 0.25) is 0 Å². The first-order chi connectivity index (χ1) is 12.6. The summed E-state index contributed by atoms with van der Waals surface area (Å²) in [6, 6.07) is 10.5. The van der Waals surface area contributed by atoms with Gasteiger partial charge in [0, 0.05) is 11.1 Å². The van der Waals surface area contributed by atoms with Crippen LogP contribution in [0.5, 0.6) is 23.0 Å². The molecule has 0 aliphatic carbocycles. The maximum atomic E-state index is 12.3. The van der Waals surface area contributed by atoms with Crippen LogP contribution in [0.2, 0.25) is 0 Å². The van der Waals surface area contributed by atoms with Crippen molar-refractivity contribution >= 4 is 11.6 Å². The maximum Gasteiger partial charge on any atom is 0.271 e. The molecule has 0 saturated heterocycles. The molecule has 1 aliphatic rings. The van der Waals surface area contributed by atoms with E-state index in [9.17, 15) is 4.79 Å². The van der Waals surface area contributed by atoms with Crippen molar-refractivity contribution in [2.45, 2.75) is 6.92 Å². The Balaban J connectivity index is 1.73. The Kier molecular flexibility index (Phi) is 5.26. The van der Waals surface area contributed by atoms with Crippen molar-refractivity contribution in [2.75, 3.05) is 27.4 Å². The first-order valence-corrected chi connectivity index (χ1v) is 8.09. The van der Waals surface area contributed by atoms with Crippen LogP contribution in [0.15, 0.2) is 41.5 Å². The number of hydrogen-bond donors (Lipinski definition) is 1. The first kappa shape index (κ1) is 17.6. The van der Waals surface area contributed by atoms with Gasteiger partial charge < -0.3 is 18.9 Å². The zero-order valence-electron chi connectivity index (χ0n) is 14.9. The lowest BCUT2D eigenvalue weighted by Gasteiger charge is -2.18. The molecule has 0 radical (unpaired) electrons. The number of rotatable bonds is 5. The van der Waals surface area contributed by atoms with E-state index in [-0.39, 0.29) is 5.91 Å². The van der Waals surface area contributed by atoms with E-state index in [2.05, 4.69) is 10.5 Å². The number of methoxy groups -OCH3 is 2. The maximum absolute atomic E-state index is 12.3. The molecule has 136 valence electrons. The highest BCUT2D eigenvalue weighted by molar-refractivity contribution is 6.01. The Labute approximate surface area is 151 Å². The first-order valence-electron chi connectivity index (χ1n) is 8.09. The quantitative estimate of drug-likeness (QED) is 0.658. The Hall–Kier alpha value is -3.22. The van der Waals surface area contributed by atoms with Crippen molar-refractivity contribution in [3.63, 3.8) is 0 Å². The second-order valence-electron chi connectivity index (χ2n) is 5.57. The topological polar surface area (TPSA) is 78.4 Å². The summed E-state index contributed by atoms with van der Waals surface area (Å²) < 4.78 is 21.4. The van der Waals surface area contributed by atoms with Gasteiger partial charge in [-0.25, -0.2) is 5.43 Å². The highest BCUT2D eigenvalue weighted by atomic mass is 16.6. The molecular weight excluding hydrogens is 336 g/mol. The lowest BCUT2D eigenvalue weighted by atomic mass is 10.1. The summed E-state index contributed by atoms with van der Waals surface area (Å²) in [6.07, 6.45) is 0. The van der Waals surface area contributed by atoms with E-state index in [1.54, 1.807) is 32.2 Å². The van der Waals surface area contributed by atoms with Crippen LogP contribution in [0.4, 0.5) is 0 Å². The molecule has 2 aromatic rings. The Morgan fingerprint density at radius 3 is 2.38 bits per heavy atom. The zero-order valence-corrected chi connectivity index (χ0v) is 14.9. The van der Waals surface area contributed by atoms with Crippen molar-refractivity contribution in [3.05, 3.63) is 47.5 Å². The number of fused-ring (bicyclic) bond motifs is 1. The molecule has 3 rings (SSSR count). The third-order valence-corrected chi connectivity index (χ3v) is 3.93. The van der Waals surface area contributed by atoms with E-state index in [1.807, 2.05) is 18.2 Å². The van der Waals surface area contributed by atoms with E-state index in [4.69, 9.17) is 18.9 Å². The van der Waals surface area contributed by atoms with Crippen LogP contribution in [0.25, 0.3) is 0 Å². The number of ether oxygens (including phenoxy) is 4. The highest BCUT2D eigenvalue weighted by Crippen LogP contribution is 2.31. The Morgan fingerprint density at radius 1 is 0.962 bits per heavy atom. The molecule has 0 fully saturated rings. The smallest absolute Gasteiger partial charge is 0.271 e. The summed E-state index contributed by atoms with van der Waals surface area (Å²) in [4.78, 5) is 12.3. The van der Waals surface area contributed by atoms with Crippen molar-refractivity contribution in [3.8, 4) is 23.0 Å². The van der Waals surface area contributed by atoms with Crippen molar-refractivity contribution in [1.29, 1.82) is 0 Å². The SMILES string of the molecule is COc1ccc(C(=O)N/N=C(\C)c2ccc3c(c2)OCCO3)cc1OC. The number of carbonyl (C=O) groups is 1. The number of benzene rings is 2. The molecular formula is C19H20N2O5. The van der Waals surface area contributed by atoms with Gasteiger partial charge in [0.05, 0.1) is 19.9 Å². The summed E-state index contributed by atoms with van der Waals surface area (Å²) in [5.74, 6) is 2.08. The lowest BCUT2D eigenvalue weighted by molar-refractivity contribution is 0.0954. The number of hydrazone groups is 1. The van der Waals surface area contributed by atoms with Gasteiger partial charge in [0.25, 0.3) is 5.91 Å². The fraction of sp³-hybridized carbons (Fsp3) is 0.263. The van der Waals surface area contributed by atoms with Gasteiger partial charge in [-0.1, -0.05) is 0 Å². The minimum atomic E-state index is -0.345. The second-order valence-corrected chi connectivity index (χ2v) is 5.57. The normalized spacial score (nSPS) is 13.1. The highest BCUT2D eigenvalue weighted by Gasteiger charge is 2.13. The summed E-state index contributed by atoms with van der Waals surface area (Å²) in [7, 11) is 3.06. The number of nitrogens with one attached hydrogen (secondary N) is 1. The number of hydrogen-bond acceptors (Lipinski definition) is 6. The third kappa shape index (κ3) is 3.72. The van der Waals surface area contributed by atoms with Gasteiger partial charge in [0.15, 0.2) is 23.0 Å². The van der Waals surface area contributed by atoms with Gasteiger partial charge >= 0.3 is 0 Å². The van der Waals surface area contributed by atoms with Crippen LogP contribution in [0.1, 0.15) is 22.8 Å². The van der Waals surface area contributed by atoms with Crippen LogP contribution in [-0.4, -0.2) is 39.1 Å². The van der Waals surface area contributed by atoms with Crippen LogP contribution in [-0.2, 0) is 0 Å². The van der Waals surface area contributed by atoms with Gasteiger partial charge in [-0.15, -0.1) is 0 Å². The van der Waals surface area contributed by atoms with Gasteiger partial charge in [-0.3, -0.25) is 4.79 Å². The fourth-order valence-electron chi connectivity index (χ4n) is 2.51. The predicted octanol–water partition coefficient (Wildman–Crippen LogP) is 2.63. The molecule has 2 aromatic carbocycles. The van der Waals surface area contributed by atoms with Crippen LogP contribution >= 0.6 is 0 Å². The number of amides is 1. The molecule has 26 heavy (non-hydrogen) atoms. The predicted molar refractivity (Wildman–Crippen MR) is 96.7 cm³/mol. The van der Waals surface area contributed by atoms with Crippen LogP contribution < -0.4 is 24.4 Å². The molecule has 1 aliphatic heterocycles. The summed E-state index contributed by atoms with van der Waals surface area (Å²) >= 11 is 0. The summed E-state index contributed by atoms with van der Waals surface area (Å²) in [5, 5.41) is 4.17. The molecule has 0 spiro atoms. The van der Waals surface area contributed by atoms with E-state index in [0.29, 0.717) is 47.5 Å². The van der Waals surface area contributed by atoms with Gasteiger partial charge in [-0.05, 0) is 43.3 Å². The minimum absolute atomic E-state index is 0.345. The molecule has 1 amide bonds. The van der Waals surface area contributed by atoms with Crippen molar-refractivity contribution in [2.24, 2.45) is 5.10 Å². The molecule has 1 N–H and O–H groups in total. The molecule has 0 saturated carbocycles. The molecule has 0 bridgehead atoms. The number of nitrogens with zero attached hydrogens (tertiary/aromatic N) is 1. The standard InChI is InChI=1S/C19H20N2O5/c1-12(13-4-7-16-18(10-13)26-9-8-25-16)20-21-19(22)14-5-6-15(23-2)17(11-14)24-3/h4-7,10-11H,8-9H2,1-3H3,(H,21,22)/b20-12+. The fourth-order valence-corrected chi connectivity index (χ4v) is 2.51. The average molecular weight is 356 g/mol. The lowest BCUT2D eigenvalue weighted by Crippen LogP contribution is -2.19. The zero-order chi connectivity index (χ0) is 18.5. The Morgan fingerprint density at radius 2 is 1.65 bits per heavy atom. The van der Waals surface area contributed by atoms with Gasteiger partial charge in [-0.2, -0.15) is 5.10 Å².